The van der Waals surface area contributed by atoms with Gasteiger partial charge in [0.25, 0.3) is 0 Å². The van der Waals surface area contributed by atoms with Gasteiger partial charge in [0, 0.05) is 5.25 Å². The van der Waals surface area contributed by atoms with Gasteiger partial charge in [0.05, 0.1) is 11.8 Å². The lowest BCUT2D eigenvalue weighted by Crippen LogP contribution is -2.31. The number of thioether (sulfide) groups is 1. The molecule has 2 atom stereocenters. The molecular weight excluding hydrogens is 249 g/mol. The first-order valence-corrected chi connectivity index (χ1v) is 6.61. The highest BCUT2D eigenvalue weighted by Crippen LogP contribution is 2.31. The Labute approximate surface area is 111 Å². The molecular formula is C14H16FNOS. The molecule has 2 nitrogen and oxygen atoms in total. The highest BCUT2D eigenvalue weighted by molar-refractivity contribution is 8.00. The van der Waals surface area contributed by atoms with Crippen LogP contribution in [0.3, 0.4) is 0 Å². The Kier molecular flexibility index (Phi) is 5.73. The van der Waals surface area contributed by atoms with Gasteiger partial charge >= 0.3 is 0 Å². The van der Waals surface area contributed by atoms with Crippen molar-refractivity contribution in [2.45, 2.75) is 24.3 Å². The van der Waals surface area contributed by atoms with Crippen LogP contribution in [0.25, 0.3) is 0 Å². The maximum atomic E-state index is 12.8. The molecule has 0 aliphatic rings. The van der Waals surface area contributed by atoms with E-state index in [0.29, 0.717) is 0 Å². The molecule has 1 N–H and O–H groups in total. The van der Waals surface area contributed by atoms with E-state index in [1.54, 1.807) is 12.1 Å². The number of hydrogen-bond acceptors (Lipinski definition) is 2. The van der Waals surface area contributed by atoms with Crippen LogP contribution in [0.1, 0.15) is 24.7 Å². The third-order valence-corrected chi connectivity index (χ3v) is 3.78. The van der Waals surface area contributed by atoms with Crippen LogP contribution in [0.15, 0.2) is 24.3 Å². The lowest BCUT2D eigenvalue weighted by atomic mass is 10.2. The predicted octanol–water partition coefficient (Wildman–Crippen LogP) is 2.76. The quantitative estimate of drug-likeness (QED) is 0.829. The minimum Gasteiger partial charge on any atom is -0.344 e. The molecule has 0 bridgehead atoms. The molecule has 0 radical (unpaired) electrons. The molecule has 0 spiro atoms. The van der Waals surface area contributed by atoms with E-state index in [4.69, 9.17) is 6.42 Å². The van der Waals surface area contributed by atoms with Crippen molar-refractivity contribution in [1.82, 2.24) is 5.32 Å². The van der Waals surface area contributed by atoms with Crippen molar-refractivity contribution in [2.75, 3.05) is 6.54 Å². The highest BCUT2D eigenvalue weighted by Gasteiger charge is 2.17. The number of nitrogens with one attached hydrogen (secondary N) is 1. The molecule has 0 aliphatic carbocycles. The summed E-state index contributed by atoms with van der Waals surface area (Å²) in [5.74, 6) is 2.03. The Bertz CT molecular complexity index is 438. The smallest absolute Gasteiger partial charge is 0.233 e. The first kappa shape index (κ1) is 14.6. The molecule has 0 saturated heterocycles. The van der Waals surface area contributed by atoms with E-state index in [-0.39, 0.29) is 28.8 Å². The van der Waals surface area contributed by atoms with Crippen LogP contribution >= 0.6 is 11.8 Å². The van der Waals surface area contributed by atoms with E-state index in [1.165, 1.54) is 23.9 Å². The Hall–Kier alpha value is -1.47. The fourth-order valence-corrected chi connectivity index (χ4v) is 2.60. The SMILES string of the molecule is C#CCNC(=O)[C@H](C)S[C@H](C)c1ccc(F)cc1. The van der Waals surface area contributed by atoms with Crippen LogP contribution in [0.5, 0.6) is 0 Å². The molecule has 1 aromatic carbocycles. The van der Waals surface area contributed by atoms with Crippen molar-refractivity contribution in [3.63, 3.8) is 0 Å². The maximum absolute atomic E-state index is 12.8. The van der Waals surface area contributed by atoms with Crippen LogP contribution in [-0.4, -0.2) is 17.7 Å². The Morgan fingerprint density at radius 2 is 2.06 bits per heavy atom. The van der Waals surface area contributed by atoms with Gasteiger partial charge < -0.3 is 5.32 Å². The summed E-state index contributed by atoms with van der Waals surface area (Å²) in [4.78, 5) is 11.6. The van der Waals surface area contributed by atoms with E-state index >= 15 is 0 Å². The number of halogens is 1. The second-order valence-electron chi connectivity index (χ2n) is 3.89. The fourth-order valence-electron chi connectivity index (χ4n) is 1.46. The molecule has 1 aromatic rings. The van der Waals surface area contributed by atoms with Gasteiger partial charge in [-0.3, -0.25) is 4.79 Å². The second-order valence-corrected chi connectivity index (χ2v) is 5.58. The first-order chi connectivity index (χ1) is 8.54. The maximum Gasteiger partial charge on any atom is 0.233 e. The van der Waals surface area contributed by atoms with E-state index in [0.717, 1.165) is 5.56 Å². The molecule has 1 rings (SSSR count). The van der Waals surface area contributed by atoms with Crippen molar-refractivity contribution < 1.29 is 9.18 Å². The zero-order valence-electron chi connectivity index (χ0n) is 10.4. The van der Waals surface area contributed by atoms with E-state index in [9.17, 15) is 9.18 Å². The van der Waals surface area contributed by atoms with Crippen LogP contribution in [-0.2, 0) is 4.79 Å². The molecule has 96 valence electrons. The van der Waals surface area contributed by atoms with E-state index < -0.39 is 0 Å². The average Bonchev–Trinajstić information content (AvgIpc) is 2.36. The Balaban J connectivity index is 2.54. The van der Waals surface area contributed by atoms with Crippen LogP contribution < -0.4 is 5.32 Å². The normalized spacial score (nSPS) is 13.4. The van der Waals surface area contributed by atoms with Crippen molar-refractivity contribution >= 4 is 17.7 Å². The van der Waals surface area contributed by atoms with Crippen molar-refractivity contribution in [3.05, 3.63) is 35.6 Å². The third-order valence-electron chi connectivity index (χ3n) is 2.48. The van der Waals surface area contributed by atoms with E-state index in [2.05, 4.69) is 11.2 Å². The number of carbonyl (C=O) groups excluding carboxylic acids is 1. The summed E-state index contributed by atoms with van der Waals surface area (Å²) < 4.78 is 12.8. The summed E-state index contributed by atoms with van der Waals surface area (Å²) in [5.41, 5.74) is 0.998. The van der Waals surface area contributed by atoms with Gasteiger partial charge in [0.1, 0.15) is 5.82 Å². The molecule has 0 aliphatic heterocycles. The first-order valence-electron chi connectivity index (χ1n) is 5.66. The van der Waals surface area contributed by atoms with Gasteiger partial charge in [0.15, 0.2) is 0 Å². The van der Waals surface area contributed by atoms with Crippen molar-refractivity contribution in [3.8, 4) is 12.3 Å². The molecule has 4 heteroatoms. The van der Waals surface area contributed by atoms with Gasteiger partial charge in [-0.1, -0.05) is 18.1 Å². The molecule has 1 amide bonds. The summed E-state index contributed by atoms with van der Waals surface area (Å²) in [6.07, 6.45) is 5.08. The summed E-state index contributed by atoms with van der Waals surface area (Å²) in [5, 5.41) is 2.57. The number of amides is 1. The minimum absolute atomic E-state index is 0.0769. The second kappa shape index (κ2) is 7.07. The number of hydrogen-bond donors (Lipinski definition) is 1. The standard InChI is InChI=1S/C14H16FNOS/c1-4-9-16-14(17)11(3)18-10(2)12-5-7-13(15)8-6-12/h1,5-8,10-11H,9H2,2-3H3,(H,16,17)/t10-,11+/m1/s1. The van der Waals surface area contributed by atoms with Crippen LogP contribution in [0.2, 0.25) is 0 Å². The average molecular weight is 265 g/mol. The van der Waals surface area contributed by atoms with Gasteiger partial charge in [-0.05, 0) is 31.5 Å². The third kappa shape index (κ3) is 4.42. The summed E-state index contributed by atoms with van der Waals surface area (Å²) >= 11 is 1.51. The summed E-state index contributed by atoms with van der Waals surface area (Å²) in [6.45, 7) is 4.06. The fraction of sp³-hybridized carbons (Fsp3) is 0.357. The molecule has 0 heterocycles. The van der Waals surface area contributed by atoms with Crippen LogP contribution in [0, 0.1) is 18.2 Å². The molecule has 0 fully saturated rings. The van der Waals surface area contributed by atoms with Gasteiger partial charge in [-0.25, -0.2) is 4.39 Å². The van der Waals surface area contributed by atoms with Gasteiger partial charge in [0.2, 0.25) is 5.91 Å². The highest BCUT2D eigenvalue weighted by atomic mass is 32.2. The Morgan fingerprint density at radius 1 is 1.44 bits per heavy atom. The topological polar surface area (TPSA) is 29.1 Å². The largest absolute Gasteiger partial charge is 0.344 e. The molecule has 0 saturated carbocycles. The predicted molar refractivity (Wildman–Crippen MR) is 73.7 cm³/mol. The zero-order chi connectivity index (χ0) is 13.5. The van der Waals surface area contributed by atoms with Gasteiger partial charge in [-0.15, -0.1) is 18.2 Å². The number of terminal acetylenes is 1. The van der Waals surface area contributed by atoms with Crippen molar-refractivity contribution in [1.29, 1.82) is 0 Å². The number of rotatable bonds is 5. The van der Waals surface area contributed by atoms with Gasteiger partial charge in [-0.2, -0.15) is 0 Å². The lowest BCUT2D eigenvalue weighted by Gasteiger charge is -2.16. The summed E-state index contributed by atoms with van der Waals surface area (Å²) in [7, 11) is 0. The Morgan fingerprint density at radius 3 is 2.61 bits per heavy atom. The number of benzene rings is 1. The minimum atomic E-state index is -0.254. The molecule has 18 heavy (non-hydrogen) atoms. The molecule has 0 unspecified atom stereocenters. The number of carbonyl (C=O) groups is 1. The monoisotopic (exact) mass is 265 g/mol. The molecule has 0 aromatic heterocycles. The van der Waals surface area contributed by atoms with Crippen molar-refractivity contribution in [2.24, 2.45) is 0 Å². The van der Waals surface area contributed by atoms with Crippen LogP contribution in [0.4, 0.5) is 4.39 Å². The summed E-state index contributed by atoms with van der Waals surface area (Å²) in [6, 6.07) is 6.32. The lowest BCUT2D eigenvalue weighted by molar-refractivity contribution is -0.120. The van der Waals surface area contributed by atoms with E-state index in [1.807, 2.05) is 13.8 Å². The zero-order valence-corrected chi connectivity index (χ0v) is 11.3.